The number of aromatic nitrogens is 2. The maximum Gasteiger partial charge on any atom is 0.131 e. The van der Waals surface area contributed by atoms with E-state index in [1.165, 1.54) is 36.8 Å². The van der Waals surface area contributed by atoms with Crippen LogP contribution in [0.5, 0.6) is 5.75 Å². The van der Waals surface area contributed by atoms with Crippen molar-refractivity contribution < 1.29 is 4.74 Å². The average Bonchev–Trinajstić information content (AvgIpc) is 2.79. The minimum Gasteiger partial charge on any atom is -0.487 e. The molecule has 112 valence electrons. The molecule has 21 heavy (non-hydrogen) atoms. The van der Waals surface area contributed by atoms with E-state index < -0.39 is 0 Å². The molecule has 0 spiro atoms. The monoisotopic (exact) mass is 348 g/mol. The molecule has 0 saturated heterocycles. The second-order valence-electron chi connectivity index (χ2n) is 5.61. The molecule has 1 aliphatic carbocycles. The maximum absolute atomic E-state index is 5.99. The van der Waals surface area contributed by atoms with Crippen LogP contribution >= 0.6 is 15.9 Å². The molecule has 3 nitrogen and oxygen atoms in total. The van der Waals surface area contributed by atoms with Crippen LogP contribution in [0.2, 0.25) is 0 Å². The first kappa shape index (κ1) is 14.6. The fourth-order valence-electron chi connectivity index (χ4n) is 2.93. The van der Waals surface area contributed by atoms with E-state index in [0.29, 0.717) is 6.61 Å². The first-order valence-corrected chi connectivity index (χ1v) is 8.43. The van der Waals surface area contributed by atoms with Crippen molar-refractivity contribution >= 4 is 15.9 Å². The number of fused-ring (bicyclic) bond motifs is 1. The predicted octanol–water partition coefficient (Wildman–Crippen LogP) is 4.20. The second-order valence-corrected chi connectivity index (χ2v) is 6.40. The van der Waals surface area contributed by atoms with Gasteiger partial charge in [-0.15, -0.1) is 0 Å². The number of hydrogen-bond donors (Lipinski definition) is 0. The van der Waals surface area contributed by atoms with Gasteiger partial charge >= 0.3 is 0 Å². The Morgan fingerprint density at radius 3 is 2.71 bits per heavy atom. The number of ether oxygens (including phenoxy) is 1. The van der Waals surface area contributed by atoms with E-state index in [0.717, 1.165) is 28.0 Å². The lowest BCUT2D eigenvalue weighted by Gasteiger charge is -2.17. The van der Waals surface area contributed by atoms with Crippen LogP contribution in [-0.4, -0.2) is 9.78 Å². The Hall–Kier alpha value is -1.29. The Kier molecular flexibility index (Phi) is 4.34. The third kappa shape index (κ3) is 3.00. The predicted molar refractivity (Wildman–Crippen MR) is 87.7 cm³/mol. The van der Waals surface area contributed by atoms with Crippen molar-refractivity contribution in [1.82, 2.24) is 9.78 Å². The molecule has 0 aliphatic heterocycles. The molecule has 1 heterocycles. The number of rotatable bonds is 4. The average molecular weight is 349 g/mol. The minimum absolute atomic E-state index is 0.545. The second kappa shape index (κ2) is 6.22. The number of nitrogens with zero attached hydrogens (tertiary/aromatic N) is 2. The smallest absolute Gasteiger partial charge is 0.131 e. The summed E-state index contributed by atoms with van der Waals surface area (Å²) in [6.07, 6.45) is 5.93. The van der Waals surface area contributed by atoms with Gasteiger partial charge in [0.2, 0.25) is 0 Å². The summed E-state index contributed by atoms with van der Waals surface area (Å²) in [4.78, 5) is 0. The number of benzene rings is 1. The van der Waals surface area contributed by atoms with E-state index in [1.807, 2.05) is 11.7 Å². The molecule has 1 aliphatic rings. The summed E-state index contributed by atoms with van der Waals surface area (Å²) in [5.41, 5.74) is 5.12. The zero-order valence-corrected chi connectivity index (χ0v) is 14.2. The van der Waals surface area contributed by atoms with Crippen LogP contribution in [-0.2, 0) is 32.9 Å². The zero-order valence-electron chi connectivity index (χ0n) is 12.7. The first-order valence-electron chi connectivity index (χ1n) is 7.64. The summed E-state index contributed by atoms with van der Waals surface area (Å²) < 4.78 is 8.97. The summed E-state index contributed by atoms with van der Waals surface area (Å²) in [5.74, 6) is 0.960. The molecule has 0 N–H and O–H groups in total. The molecule has 0 bridgehead atoms. The Morgan fingerprint density at radius 2 is 2.00 bits per heavy atom. The molecule has 2 aromatic rings. The van der Waals surface area contributed by atoms with Crippen molar-refractivity contribution in [2.24, 2.45) is 7.05 Å². The van der Waals surface area contributed by atoms with Gasteiger partial charge in [0.05, 0.1) is 15.9 Å². The van der Waals surface area contributed by atoms with Crippen molar-refractivity contribution in [3.05, 3.63) is 45.2 Å². The van der Waals surface area contributed by atoms with Crippen LogP contribution in [0.15, 0.2) is 22.7 Å². The molecular weight excluding hydrogens is 328 g/mol. The van der Waals surface area contributed by atoms with Gasteiger partial charge in [0.15, 0.2) is 0 Å². The summed E-state index contributed by atoms with van der Waals surface area (Å²) in [6.45, 7) is 2.66. The third-order valence-corrected chi connectivity index (χ3v) is 5.11. The summed E-state index contributed by atoms with van der Waals surface area (Å²) in [5, 5.41) is 4.50. The Balaban J connectivity index is 1.74. The van der Waals surface area contributed by atoms with E-state index in [2.05, 4.69) is 46.2 Å². The zero-order chi connectivity index (χ0) is 14.8. The maximum atomic E-state index is 5.99. The van der Waals surface area contributed by atoms with E-state index in [4.69, 9.17) is 4.74 Å². The number of aryl methyl sites for hydroxylation is 4. The number of hydrogen-bond acceptors (Lipinski definition) is 2. The Bertz CT molecular complexity index is 648. The van der Waals surface area contributed by atoms with Crippen LogP contribution in [0, 0.1) is 0 Å². The van der Waals surface area contributed by atoms with Gasteiger partial charge < -0.3 is 4.74 Å². The SMILES string of the molecule is CCc1nn(C)c(COc2ccc3c(c2)CCCC3)c1Br. The highest BCUT2D eigenvalue weighted by Gasteiger charge is 2.14. The molecule has 0 radical (unpaired) electrons. The highest BCUT2D eigenvalue weighted by Crippen LogP contribution is 2.27. The van der Waals surface area contributed by atoms with Gasteiger partial charge in [-0.2, -0.15) is 5.10 Å². The van der Waals surface area contributed by atoms with Gasteiger partial charge in [-0.25, -0.2) is 0 Å². The van der Waals surface area contributed by atoms with Crippen LogP contribution < -0.4 is 4.74 Å². The van der Waals surface area contributed by atoms with Gasteiger partial charge in [0.25, 0.3) is 0 Å². The number of halogens is 1. The molecule has 0 amide bonds. The molecule has 0 unspecified atom stereocenters. The Labute approximate surface area is 134 Å². The fourth-order valence-corrected chi connectivity index (χ4v) is 3.66. The van der Waals surface area contributed by atoms with Crippen LogP contribution in [0.25, 0.3) is 0 Å². The van der Waals surface area contributed by atoms with Gasteiger partial charge in [0.1, 0.15) is 12.4 Å². The van der Waals surface area contributed by atoms with Crippen molar-refractivity contribution in [3.63, 3.8) is 0 Å². The van der Waals surface area contributed by atoms with Gasteiger partial charge in [-0.05, 0) is 71.3 Å². The molecule has 0 fully saturated rings. The topological polar surface area (TPSA) is 27.1 Å². The van der Waals surface area contributed by atoms with Crippen molar-refractivity contribution in [2.45, 2.75) is 45.6 Å². The van der Waals surface area contributed by atoms with Gasteiger partial charge in [-0.1, -0.05) is 13.0 Å². The summed E-state index contributed by atoms with van der Waals surface area (Å²) in [7, 11) is 1.97. The van der Waals surface area contributed by atoms with E-state index >= 15 is 0 Å². The standard InChI is InChI=1S/C17H21BrN2O/c1-3-15-17(18)16(20(2)19-15)11-21-14-9-8-12-6-4-5-7-13(12)10-14/h8-10H,3-7,11H2,1-2H3. The first-order chi connectivity index (χ1) is 10.2. The molecule has 3 rings (SSSR count). The Morgan fingerprint density at radius 1 is 1.24 bits per heavy atom. The largest absolute Gasteiger partial charge is 0.487 e. The van der Waals surface area contributed by atoms with Crippen molar-refractivity contribution in [1.29, 1.82) is 0 Å². The van der Waals surface area contributed by atoms with Crippen LogP contribution in [0.1, 0.15) is 42.3 Å². The molecule has 1 aromatic heterocycles. The van der Waals surface area contributed by atoms with Crippen molar-refractivity contribution in [2.75, 3.05) is 0 Å². The van der Waals surface area contributed by atoms with Crippen molar-refractivity contribution in [3.8, 4) is 5.75 Å². The highest BCUT2D eigenvalue weighted by molar-refractivity contribution is 9.10. The molecule has 0 saturated carbocycles. The lowest BCUT2D eigenvalue weighted by molar-refractivity contribution is 0.293. The molecule has 4 heteroatoms. The summed E-state index contributed by atoms with van der Waals surface area (Å²) >= 11 is 3.63. The summed E-state index contributed by atoms with van der Waals surface area (Å²) in [6, 6.07) is 6.52. The molecule has 0 atom stereocenters. The fraction of sp³-hybridized carbons (Fsp3) is 0.471. The lowest BCUT2D eigenvalue weighted by atomic mass is 9.92. The van der Waals surface area contributed by atoms with E-state index in [1.54, 1.807) is 0 Å². The minimum atomic E-state index is 0.545. The normalized spacial score (nSPS) is 14.0. The quantitative estimate of drug-likeness (QED) is 0.827. The molecule has 1 aromatic carbocycles. The van der Waals surface area contributed by atoms with Gasteiger partial charge in [0, 0.05) is 7.05 Å². The lowest BCUT2D eigenvalue weighted by Crippen LogP contribution is -2.06. The third-order valence-electron chi connectivity index (χ3n) is 4.20. The highest BCUT2D eigenvalue weighted by atomic mass is 79.9. The van der Waals surface area contributed by atoms with E-state index in [9.17, 15) is 0 Å². The molecular formula is C17H21BrN2O. The van der Waals surface area contributed by atoms with Crippen LogP contribution in [0.3, 0.4) is 0 Å². The van der Waals surface area contributed by atoms with Crippen LogP contribution in [0.4, 0.5) is 0 Å². The van der Waals surface area contributed by atoms with Gasteiger partial charge in [-0.3, -0.25) is 4.68 Å². The van der Waals surface area contributed by atoms with E-state index in [-0.39, 0.29) is 0 Å².